The molecule has 0 unspecified atom stereocenters. The molecule has 1 aliphatic carbocycles. The average Bonchev–Trinajstić information content (AvgIpc) is 3.78. The molecule has 2 atom stereocenters. The minimum atomic E-state index is -0.211. The van der Waals surface area contributed by atoms with E-state index in [-0.39, 0.29) is 18.0 Å². The van der Waals surface area contributed by atoms with Gasteiger partial charge in [-0.2, -0.15) is 0 Å². The molecule has 0 radical (unpaired) electrons. The first kappa shape index (κ1) is 28.3. The lowest BCUT2D eigenvalue weighted by Crippen LogP contribution is -2.52. The highest BCUT2D eigenvalue weighted by molar-refractivity contribution is 6.41. The quantitative estimate of drug-likeness (QED) is 0.308. The number of methoxy groups -OCH3 is 2. The van der Waals surface area contributed by atoms with Crippen LogP contribution in [-0.2, 0) is 9.53 Å². The fourth-order valence-electron chi connectivity index (χ4n) is 5.00. The summed E-state index contributed by atoms with van der Waals surface area (Å²) in [7, 11) is 5.14. The highest BCUT2D eigenvalue weighted by Gasteiger charge is 2.28. The number of anilines is 2. The van der Waals surface area contributed by atoms with E-state index in [1.807, 2.05) is 19.2 Å². The van der Waals surface area contributed by atoms with Crippen molar-refractivity contribution in [1.29, 1.82) is 0 Å². The third kappa shape index (κ3) is 5.92. The maximum Gasteiger partial charge on any atom is 0.243 e. The zero-order valence-corrected chi connectivity index (χ0v) is 24.3. The van der Waals surface area contributed by atoms with Gasteiger partial charge >= 0.3 is 0 Å². The molecule has 2 aromatic heterocycles. The fourth-order valence-corrected chi connectivity index (χ4v) is 5.69. The maximum atomic E-state index is 12.0. The van der Waals surface area contributed by atoms with Crippen molar-refractivity contribution in [2.24, 2.45) is 5.92 Å². The summed E-state index contributed by atoms with van der Waals surface area (Å²) >= 11 is 13.5. The molecule has 1 amide bonds. The molecule has 0 bridgehead atoms. The van der Waals surface area contributed by atoms with Gasteiger partial charge in [0.25, 0.3) is 0 Å². The van der Waals surface area contributed by atoms with Crippen LogP contribution in [0.5, 0.6) is 11.5 Å². The highest BCUT2D eigenvalue weighted by atomic mass is 35.5. The lowest BCUT2D eigenvalue weighted by molar-refractivity contribution is -0.117. The number of fused-ring (bicyclic) bond motifs is 1. The Kier molecular flexibility index (Phi) is 8.54. The van der Waals surface area contributed by atoms with Crippen molar-refractivity contribution in [1.82, 2.24) is 15.3 Å². The minimum Gasteiger partial charge on any atom is -0.495 e. The number of pyridine rings is 2. The summed E-state index contributed by atoms with van der Waals surface area (Å²) in [5, 5.41) is 8.96. The molecule has 3 aromatic rings. The minimum absolute atomic E-state index is 0.110. The normalized spacial score (nSPS) is 18.7. The van der Waals surface area contributed by atoms with Gasteiger partial charge in [-0.3, -0.25) is 4.79 Å². The third-order valence-electron chi connectivity index (χ3n) is 7.32. The average molecular weight is 587 g/mol. The summed E-state index contributed by atoms with van der Waals surface area (Å²) in [5.74, 6) is 2.77. The molecule has 9 nitrogen and oxygen atoms in total. The molecule has 2 N–H and O–H groups in total. The molecule has 1 aromatic carbocycles. The standard InChI is InChI=1S/C29H33Cl2N5O4/c1-5-25(37)34-19-8-9-40-15-21(19)33-24-11-18-17(13-32-24)10-20(35-29(18)36(2)14-16-6-7-16)26-27(30)22(38-3)12-23(39-4)28(26)31/h5,10-13,16,19,21H,1,6-9,14-15H2,2-4H3,(H,32,33)(H,34,37)/t19-,21+/m0/s1. The van der Waals surface area contributed by atoms with E-state index in [2.05, 4.69) is 22.1 Å². The summed E-state index contributed by atoms with van der Waals surface area (Å²) in [6, 6.07) is 5.31. The SMILES string of the molecule is C=CC(=O)N[C@H]1CCOC[C@H]1Nc1cc2c(N(C)CC3CC3)nc(-c3c(Cl)c(OC)cc(OC)c3Cl)cc2cn1. The molecular weight excluding hydrogens is 553 g/mol. The number of amides is 1. The Bertz CT molecular complexity index is 1400. The van der Waals surface area contributed by atoms with Crippen LogP contribution in [0.4, 0.5) is 11.6 Å². The van der Waals surface area contributed by atoms with Crippen LogP contribution >= 0.6 is 23.2 Å². The van der Waals surface area contributed by atoms with Gasteiger partial charge in [-0.25, -0.2) is 9.97 Å². The van der Waals surface area contributed by atoms with Gasteiger partial charge in [0, 0.05) is 48.8 Å². The van der Waals surface area contributed by atoms with Crippen LogP contribution in [0, 0.1) is 5.92 Å². The zero-order chi connectivity index (χ0) is 28.4. The Balaban J connectivity index is 1.57. The number of hydrogen-bond donors (Lipinski definition) is 2. The van der Waals surface area contributed by atoms with Gasteiger partial charge in [0.2, 0.25) is 5.91 Å². The fraction of sp³-hybridized carbons (Fsp3) is 0.414. The van der Waals surface area contributed by atoms with Crippen molar-refractivity contribution in [2.75, 3.05) is 51.2 Å². The van der Waals surface area contributed by atoms with Crippen molar-refractivity contribution < 1.29 is 19.0 Å². The molecular formula is C29H33Cl2N5O4. The van der Waals surface area contributed by atoms with Gasteiger partial charge in [0.1, 0.15) is 23.1 Å². The number of hydrogen-bond acceptors (Lipinski definition) is 8. The molecule has 40 heavy (non-hydrogen) atoms. The molecule has 11 heteroatoms. The number of nitrogens with zero attached hydrogens (tertiary/aromatic N) is 3. The second-order valence-corrected chi connectivity index (χ2v) is 10.9. The monoisotopic (exact) mass is 585 g/mol. The summed E-state index contributed by atoms with van der Waals surface area (Å²) in [6.45, 7) is 5.47. The molecule has 5 rings (SSSR count). The van der Waals surface area contributed by atoms with Crippen LogP contribution in [-0.4, -0.2) is 69.0 Å². The van der Waals surface area contributed by atoms with E-state index < -0.39 is 0 Å². The summed E-state index contributed by atoms with van der Waals surface area (Å²) < 4.78 is 16.7. The number of carbonyl (C=O) groups is 1. The molecule has 3 heterocycles. The second kappa shape index (κ2) is 12.1. The molecule has 0 spiro atoms. The van der Waals surface area contributed by atoms with E-state index in [0.717, 1.165) is 23.1 Å². The highest BCUT2D eigenvalue weighted by Crippen LogP contribution is 2.46. The third-order valence-corrected chi connectivity index (χ3v) is 8.07. The van der Waals surface area contributed by atoms with Crippen molar-refractivity contribution in [3.05, 3.63) is 47.1 Å². The molecule has 212 valence electrons. The smallest absolute Gasteiger partial charge is 0.243 e. The Hall–Kier alpha value is -3.27. The molecule has 1 saturated carbocycles. The van der Waals surface area contributed by atoms with Gasteiger partial charge < -0.3 is 29.7 Å². The predicted molar refractivity (Wildman–Crippen MR) is 159 cm³/mol. The first-order valence-corrected chi connectivity index (χ1v) is 14.0. The van der Waals surface area contributed by atoms with Gasteiger partial charge in [-0.15, -0.1) is 0 Å². The largest absolute Gasteiger partial charge is 0.495 e. The molecule has 1 aliphatic heterocycles. The van der Waals surface area contributed by atoms with Gasteiger partial charge in [0.15, 0.2) is 0 Å². The zero-order valence-electron chi connectivity index (χ0n) is 22.8. The van der Waals surface area contributed by atoms with Crippen LogP contribution in [0.1, 0.15) is 19.3 Å². The Morgan fingerprint density at radius 3 is 2.52 bits per heavy atom. The lowest BCUT2D eigenvalue weighted by atomic mass is 10.0. The van der Waals surface area contributed by atoms with E-state index in [4.69, 9.17) is 47.4 Å². The van der Waals surface area contributed by atoms with E-state index in [0.29, 0.717) is 64.2 Å². The van der Waals surface area contributed by atoms with Crippen molar-refractivity contribution >= 4 is 51.5 Å². The first-order chi connectivity index (χ1) is 19.3. The predicted octanol–water partition coefficient (Wildman–Crippen LogP) is 5.34. The van der Waals surface area contributed by atoms with E-state index in [9.17, 15) is 4.79 Å². The van der Waals surface area contributed by atoms with Gasteiger partial charge in [0.05, 0.1) is 48.6 Å². The van der Waals surface area contributed by atoms with E-state index >= 15 is 0 Å². The maximum absolute atomic E-state index is 12.0. The Morgan fingerprint density at radius 2 is 1.88 bits per heavy atom. The number of rotatable bonds is 10. The summed E-state index contributed by atoms with van der Waals surface area (Å²) in [6.07, 6.45) is 6.19. The number of benzene rings is 1. The summed E-state index contributed by atoms with van der Waals surface area (Å²) in [5.41, 5.74) is 1.12. The Labute approximate surface area is 243 Å². The first-order valence-electron chi connectivity index (χ1n) is 13.2. The molecule has 2 fully saturated rings. The van der Waals surface area contributed by atoms with Crippen molar-refractivity contribution in [3.8, 4) is 22.8 Å². The number of nitrogens with one attached hydrogen (secondary N) is 2. The number of halogens is 2. The van der Waals surface area contributed by atoms with Crippen LogP contribution < -0.4 is 25.0 Å². The van der Waals surface area contributed by atoms with Crippen LogP contribution in [0.3, 0.4) is 0 Å². The molecule has 2 aliphatic rings. The van der Waals surface area contributed by atoms with Gasteiger partial charge in [-0.05, 0) is 43.4 Å². The van der Waals surface area contributed by atoms with Crippen LogP contribution in [0.2, 0.25) is 10.0 Å². The van der Waals surface area contributed by atoms with Crippen molar-refractivity contribution in [2.45, 2.75) is 31.3 Å². The van der Waals surface area contributed by atoms with E-state index in [1.54, 1.807) is 26.5 Å². The summed E-state index contributed by atoms with van der Waals surface area (Å²) in [4.78, 5) is 23.9. The lowest BCUT2D eigenvalue weighted by Gasteiger charge is -2.33. The number of carbonyl (C=O) groups excluding carboxylic acids is 1. The van der Waals surface area contributed by atoms with Gasteiger partial charge in [-0.1, -0.05) is 29.8 Å². The van der Waals surface area contributed by atoms with Crippen LogP contribution in [0.25, 0.3) is 22.0 Å². The topological polar surface area (TPSA) is 97.8 Å². The molecule has 1 saturated heterocycles. The van der Waals surface area contributed by atoms with E-state index in [1.165, 1.54) is 18.9 Å². The number of ether oxygens (including phenoxy) is 3. The second-order valence-electron chi connectivity index (χ2n) is 10.2. The number of aromatic nitrogens is 2. The Morgan fingerprint density at radius 1 is 1.15 bits per heavy atom. The van der Waals surface area contributed by atoms with Crippen molar-refractivity contribution in [3.63, 3.8) is 0 Å². The van der Waals surface area contributed by atoms with Crippen LogP contribution in [0.15, 0.2) is 37.1 Å².